The maximum Gasteiger partial charge on any atom is 0.263 e. The first-order valence-corrected chi connectivity index (χ1v) is 6.76. The van der Waals surface area contributed by atoms with Crippen LogP contribution in [0.4, 0.5) is 5.82 Å². The summed E-state index contributed by atoms with van der Waals surface area (Å²) < 4.78 is 31.0. The van der Waals surface area contributed by atoms with Gasteiger partial charge in [-0.1, -0.05) is 17.3 Å². The maximum atomic E-state index is 12.0. The first-order chi connectivity index (χ1) is 8.49. The quantitative estimate of drug-likeness (QED) is 0.874. The van der Waals surface area contributed by atoms with Crippen LogP contribution in [0.2, 0.25) is 0 Å². The van der Waals surface area contributed by atoms with E-state index < -0.39 is 10.0 Å². The predicted octanol–water partition coefficient (Wildman–Crippen LogP) is 1.50. The molecule has 1 unspecified atom stereocenters. The van der Waals surface area contributed by atoms with Crippen LogP contribution < -0.4 is 10.5 Å². The smallest absolute Gasteiger partial charge is 0.263 e. The van der Waals surface area contributed by atoms with E-state index in [0.29, 0.717) is 0 Å². The highest BCUT2D eigenvalue weighted by atomic mass is 32.2. The molecule has 0 saturated heterocycles. The Morgan fingerprint density at radius 3 is 2.78 bits per heavy atom. The van der Waals surface area contributed by atoms with Gasteiger partial charge in [0.2, 0.25) is 0 Å². The third kappa shape index (κ3) is 2.69. The van der Waals surface area contributed by atoms with Crippen molar-refractivity contribution in [3.8, 4) is 0 Å². The van der Waals surface area contributed by atoms with Crippen LogP contribution >= 0.6 is 0 Å². The average Bonchev–Trinajstić information content (AvgIpc) is 2.81. The molecule has 0 aliphatic carbocycles. The first kappa shape index (κ1) is 12.6. The van der Waals surface area contributed by atoms with Gasteiger partial charge in [-0.3, -0.25) is 4.72 Å². The second kappa shape index (κ2) is 4.79. The molecule has 2 aromatic rings. The molecule has 0 spiro atoms. The fraction of sp³-hybridized carbons (Fsp3) is 0.182. The van der Waals surface area contributed by atoms with Crippen LogP contribution in [0.15, 0.2) is 46.0 Å². The Hall–Kier alpha value is -1.86. The lowest BCUT2D eigenvalue weighted by molar-refractivity contribution is 0.423. The molecule has 0 amide bonds. The zero-order chi connectivity index (χ0) is 13.2. The van der Waals surface area contributed by atoms with Crippen LogP contribution in [0.25, 0.3) is 0 Å². The normalized spacial score (nSPS) is 13.2. The highest BCUT2D eigenvalue weighted by Crippen LogP contribution is 2.18. The van der Waals surface area contributed by atoms with E-state index in [-0.39, 0.29) is 16.8 Å². The number of benzene rings is 1. The number of rotatable bonds is 4. The van der Waals surface area contributed by atoms with E-state index in [1.807, 2.05) is 0 Å². The van der Waals surface area contributed by atoms with Crippen molar-refractivity contribution < 1.29 is 12.9 Å². The van der Waals surface area contributed by atoms with Gasteiger partial charge in [-0.05, 0) is 24.6 Å². The molecule has 1 aromatic heterocycles. The van der Waals surface area contributed by atoms with Gasteiger partial charge in [0, 0.05) is 12.1 Å². The molecule has 0 aliphatic rings. The number of nitrogens with zero attached hydrogens (tertiary/aromatic N) is 1. The summed E-state index contributed by atoms with van der Waals surface area (Å²) >= 11 is 0. The maximum absolute atomic E-state index is 12.0. The zero-order valence-electron chi connectivity index (χ0n) is 9.70. The molecule has 96 valence electrons. The molecular weight excluding hydrogens is 254 g/mol. The minimum Gasteiger partial charge on any atom is -0.363 e. The molecule has 3 N–H and O–H groups in total. The summed E-state index contributed by atoms with van der Waals surface area (Å²) in [5, 5.41) is 3.49. The van der Waals surface area contributed by atoms with Gasteiger partial charge in [0.1, 0.15) is 6.26 Å². The standard InChI is InChI=1S/C11H13N3O3S/c1-8(12)9-3-2-4-10(7-9)18(15,16)14-11-5-6-17-13-11/h2-8H,12H2,1H3,(H,13,14). The van der Waals surface area contributed by atoms with Gasteiger partial charge in [0.05, 0.1) is 4.90 Å². The van der Waals surface area contributed by atoms with Gasteiger partial charge in [-0.15, -0.1) is 0 Å². The van der Waals surface area contributed by atoms with E-state index in [4.69, 9.17) is 5.73 Å². The van der Waals surface area contributed by atoms with Crippen molar-refractivity contribution in [1.29, 1.82) is 0 Å². The van der Waals surface area contributed by atoms with Gasteiger partial charge in [0.15, 0.2) is 5.82 Å². The van der Waals surface area contributed by atoms with Crippen LogP contribution in [-0.4, -0.2) is 13.6 Å². The molecule has 0 saturated carbocycles. The van der Waals surface area contributed by atoms with Crippen LogP contribution in [-0.2, 0) is 10.0 Å². The Morgan fingerprint density at radius 2 is 2.17 bits per heavy atom. The highest BCUT2D eigenvalue weighted by Gasteiger charge is 2.16. The second-order valence-corrected chi connectivity index (χ2v) is 5.53. The fourth-order valence-electron chi connectivity index (χ4n) is 1.43. The Kier molecular flexibility index (Phi) is 3.35. The van der Waals surface area contributed by atoms with Gasteiger partial charge >= 0.3 is 0 Å². The summed E-state index contributed by atoms with van der Waals surface area (Å²) in [6.45, 7) is 1.79. The topological polar surface area (TPSA) is 98.2 Å². The highest BCUT2D eigenvalue weighted by molar-refractivity contribution is 7.92. The SMILES string of the molecule is CC(N)c1cccc(S(=O)(=O)Nc2ccon2)c1. The Balaban J connectivity index is 2.32. The van der Waals surface area contributed by atoms with E-state index in [2.05, 4.69) is 14.4 Å². The summed E-state index contributed by atoms with van der Waals surface area (Å²) in [6, 6.07) is 7.65. The van der Waals surface area contributed by atoms with Crippen molar-refractivity contribution in [3.05, 3.63) is 42.2 Å². The minimum atomic E-state index is -3.67. The van der Waals surface area contributed by atoms with E-state index in [0.717, 1.165) is 5.56 Å². The lowest BCUT2D eigenvalue weighted by atomic mass is 10.1. The number of aromatic nitrogens is 1. The van der Waals surface area contributed by atoms with Crippen LogP contribution in [0.5, 0.6) is 0 Å². The molecular formula is C11H13N3O3S. The molecule has 0 fully saturated rings. The molecule has 1 aromatic carbocycles. The average molecular weight is 267 g/mol. The molecule has 2 rings (SSSR count). The number of hydrogen-bond donors (Lipinski definition) is 2. The lowest BCUT2D eigenvalue weighted by Gasteiger charge is -2.09. The van der Waals surface area contributed by atoms with E-state index in [1.165, 1.54) is 24.5 Å². The van der Waals surface area contributed by atoms with Gasteiger partial charge in [-0.2, -0.15) is 0 Å². The number of nitrogens with one attached hydrogen (secondary N) is 1. The number of anilines is 1. The van der Waals surface area contributed by atoms with Crippen molar-refractivity contribution in [2.24, 2.45) is 5.73 Å². The third-order valence-electron chi connectivity index (χ3n) is 2.37. The largest absolute Gasteiger partial charge is 0.363 e. The molecule has 0 radical (unpaired) electrons. The van der Waals surface area contributed by atoms with Crippen molar-refractivity contribution >= 4 is 15.8 Å². The summed E-state index contributed by atoms with van der Waals surface area (Å²) in [6.07, 6.45) is 1.29. The van der Waals surface area contributed by atoms with Crippen molar-refractivity contribution in [1.82, 2.24) is 5.16 Å². The lowest BCUT2D eigenvalue weighted by Crippen LogP contribution is -2.14. The fourth-order valence-corrected chi connectivity index (χ4v) is 2.47. The van der Waals surface area contributed by atoms with E-state index >= 15 is 0 Å². The Morgan fingerprint density at radius 1 is 1.39 bits per heavy atom. The van der Waals surface area contributed by atoms with E-state index in [9.17, 15) is 8.42 Å². The molecule has 18 heavy (non-hydrogen) atoms. The Labute approximate surface area is 105 Å². The van der Waals surface area contributed by atoms with Crippen molar-refractivity contribution in [2.75, 3.05) is 4.72 Å². The molecule has 0 aliphatic heterocycles. The van der Waals surface area contributed by atoms with Crippen molar-refractivity contribution in [2.45, 2.75) is 17.9 Å². The van der Waals surface area contributed by atoms with Crippen LogP contribution in [0, 0.1) is 0 Å². The minimum absolute atomic E-state index is 0.139. The van der Waals surface area contributed by atoms with E-state index in [1.54, 1.807) is 19.1 Å². The third-order valence-corrected chi connectivity index (χ3v) is 3.72. The molecule has 0 bridgehead atoms. The second-order valence-electron chi connectivity index (χ2n) is 3.85. The Bertz CT molecular complexity index is 621. The number of hydrogen-bond acceptors (Lipinski definition) is 5. The monoisotopic (exact) mass is 267 g/mol. The van der Waals surface area contributed by atoms with Crippen LogP contribution in [0.3, 0.4) is 0 Å². The molecule has 1 heterocycles. The summed E-state index contributed by atoms with van der Waals surface area (Å²) in [4.78, 5) is 0.139. The van der Waals surface area contributed by atoms with Crippen molar-refractivity contribution in [3.63, 3.8) is 0 Å². The van der Waals surface area contributed by atoms with Gasteiger partial charge < -0.3 is 10.3 Å². The number of sulfonamides is 1. The predicted molar refractivity (Wildman–Crippen MR) is 66.4 cm³/mol. The van der Waals surface area contributed by atoms with Crippen LogP contribution in [0.1, 0.15) is 18.5 Å². The molecule has 7 heteroatoms. The number of nitrogens with two attached hydrogens (primary N) is 1. The molecule has 6 nitrogen and oxygen atoms in total. The molecule has 1 atom stereocenters. The zero-order valence-corrected chi connectivity index (χ0v) is 10.5. The first-order valence-electron chi connectivity index (χ1n) is 5.28. The summed E-state index contributed by atoms with van der Waals surface area (Å²) in [5.41, 5.74) is 6.47. The van der Waals surface area contributed by atoms with Gasteiger partial charge in [-0.25, -0.2) is 8.42 Å². The summed E-state index contributed by atoms with van der Waals surface area (Å²) in [7, 11) is -3.67. The van der Waals surface area contributed by atoms with Gasteiger partial charge in [0.25, 0.3) is 10.0 Å². The summed E-state index contributed by atoms with van der Waals surface area (Å²) in [5.74, 6) is 0.140.